The summed E-state index contributed by atoms with van der Waals surface area (Å²) < 4.78 is 15.2. The van der Waals surface area contributed by atoms with Gasteiger partial charge >= 0.3 is 5.97 Å². The maximum atomic E-state index is 12.0. The minimum atomic E-state index is -0.474. The largest absolute Gasteiger partial charge is 0.496 e. The van der Waals surface area contributed by atoms with Crippen LogP contribution in [0.5, 0.6) is 5.75 Å². The fourth-order valence-corrected chi connectivity index (χ4v) is 2.38. The number of hydrogen-bond donors (Lipinski definition) is 2. The average Bonchev–Trinajstić information content (AvgIpc) is 2.60. The Morgan fingerprint density at radius 3 is 2.87 bits per heavy atom. The number of carbonyl (C=O) groups is 2. The lowest BCUT2D eigenvalue weighted by Crippen LogP contribution is -2.44. The summed E-state index contributed by atoms with van der Waals surface area (Å²) in [6.07, 6.45) is 0.361. The van der Waals surface area contributed by atoms with E-state index in [0.717, 1.165) is 12.1 Å². The molecule has 126 valence electrons. The number of morpholine rings is 1. The molecule has 1 heterocycles. The topological polar surface area (TPSA) is 85.9 Å². The maximum Gasteiger partial charge on any atom is 0.341 e. The van der Waals surface area contributed by atoms with Crippen LogP contribution in [0.1, 0.15) is 22.3 Å². The third-order valence-corrected chi connectivity index (χ3v) is 3.59. The van der Waals surface area contributed by atoms with Crippen molar-refractivity contribution in [1.82, 2.24) is 10.6 Å². The van der Waals surface area contributed by atoms with Crippen molar-refractivity contribution in [3.05, 3.63) is 29.3 Å². The second-order valence-corrected chi connectivity index (χ2v) is 5.23. The summed E-state index contributed by atoms with van der Waals surface area (Å²) in [7, 11) is 2.80. The smallest absolute Gasteiger partial charge is 0.341 e. The fourth-order valence-electron chi connectivity index (χ4n) is 2.38. The highest BCUT2D eigenvalue weighted by Gasteiger charge is 2.17. The second kappa shape index (κ2) is 8.50. The Morgan fingerprint density at radius 2 is 2.22 bits per heavy atom. The van der Waals surface area contributed by atoms with Gasteiger partial charge in [-0.1, -0.05) is 6.07 Å². The van der Waals surface area contributed by atoms with Crippen molar-refractivity contribution in [2.45, 2.75) is 19.0 Å². The standard InChI is InChI=1S/C16H22N2O5/c1-21-14-4-3-11(7-13(14)16(20)22-2)9-18-15(19)8-12-10-23-6-5-17-12/h3-4,7,12,17H,5-6,8-10H2,1-2H3,(H,18,19). The molecular formula is C16H22N2O5. The number of hydrogen-bond acceptors (Lipinski definition) is 6. The molecule has 1 aromatic rings. The molecule has 2 rings (SSSR count). The molecule has 7 heteroatoms. The molecule has 1 unspecified atom stereocenters. The van der Waals surface area contributed by atoms with Gasteiger partial charge in [-0.25, -0.2) is 4.79 Å². The van der Waals surface area contributed by atoms with Gasteiger partial charge in [-0.3, -0.25) is 4.79 Å². The van der Waals surface area contributed by atoms with E-state index in [0.29, 0.717) is 37.5 Å². The van der Waals surface area contributed by atoms with Crippen LogP contribution in [0.2, 0.25) is 0 Å². The van der Waals surface area contributed by atoms with Gasteiger partial charge in [-0.05, 0) is 17.7 Å². The highest BCUT2D eigenvalue weighted by Crippen LogP contribution is 2.20. The molecule has 0 radical (unpaired) electrons. The van der Waals surface area contributed by atoms with E-state index in [1.165, 1.54) is 14.2 Å². The lowest BCUT2D eigenvalue weighted by atomic mass is 10.1. The maximum absolute atomic E-state index is 12.0. The molecule has 0 bridgehead atoms. The number of carbonyl (C=O) groups excluding carboxylic acids is 2. The number of esters is 1. The van der Waals surface area contributed by atoms with Crippen molar-refractivity contribution in [3.8, 4) is 5.75 Å². The van der Waals surface area contributed by atoms with Gasteiger partial charge in [-0.2, -0.15) is 0 Å². The third-order valence-electron chi connectivity index (χ3n) is 3.59. The molecule has 7 nitrogen and oxygen atoms in total. The van der Waals surface area contributed by atoms with Gasteiger partial charge in [0.1, 0.15) is 11.3 Å². The van der Waals surface area contributed by atoms with E-state index in [4.69, 9.17) is 14.2 Å². The van der Waals surface area contributed by atoms with Gasteiger partial charge < -0.3 is 24.8 Å². The normalized spacial score (nSPS) is 17.4. The van der Waals surface area contributed by atoms with E-state index in [1.54, 1.807) is 18.2 Å². The predicted molar refractivity (Wildman–Crippen MR) is 83.4 cm³/mol. The van der Waals surface area contributed by atoms with Crippen LogP contribution in [-0.4, -0.2) is 51.9 Å². The minimum absolute atomic E-state index is 0.0465. The Hall–Kier alpha value is -2.12. The van der Waals surface area contributed by atoms with Crippen molar-refractivity contribution in [1.29, 1.82) is 0 Å². The molecule has 0 aromatic heterocycles. The SMILES string of the molecule is COC(=O)c1cc(CNC(=O)CC2COCCN2)ccc1OC. The van der Waals surface area contributed by atoms with Crippen LogP contribution in [0, 0.1) is 0 Å². The first-order chi connectivity index (χ1) is 11.1. The summed E-state index contributed by atoms with van der Waals surface area (Å²) in [5.74, 6) is -0.0995. The van der Waals surface area contributed by atoms with Crippen LogP contribution < -0.4 is 15.4 Å². The Morgan fingerprint density at radius 1 is 1.39 bits per heavy atom. The molecule has 1 aliphatic heterocycles. The number of rotatable bonds is 6. The van der Waals surface area contributed by atoms with Gasteiger partial charge in [0.25, 0.3) is 0 Å². The van der Waals surface area contributed by atoms with Crippen molar-refractivity contribution in [3.63, 3.8) is 0 Å². The highest BCUT2D eigenvalue weighted by molar-refractivity contribution is 5.92. The Kier molecular flexibility index (Phi) is 6.37. The first-order valence-electron chi connectivity index (χ1n) is 7.47. The van der Waals surface area contributed by atoms with Crippen LogP contribution in [0.25, 0.3) is 0 Å². The number of ether oxygens (including phenoxy) is 3. The van der Waals surface area contributed by atoms with E-state index in [-0.39, 0.29) is 11.9 Å². The van der Waals surface area contributed by atoms with E-state index in [9.17, 15) is 9.59 Å². The van der Waals surface area contributed by atoms with Crippen molar-refractivity contribution < 1.29 is 23.8 Å². The summed E-state index contributed by atoms with van der Waals surface area (Å²) in [5.41, 5.74) is 1.14. The number of benzene rings is 1. The first-order valence-corrected chi connectivity index (χ1v) is 7.47. The molecule has 1 amide bonds. The highest BCUT2D eigenvalue weighted by atomic mass is 16.5. The molecule has 1 aromatic carbocycles. The molecule has 0 spiro atoms. The van der Waals surface area contributed by atoms with Crippen LogP contribution in [0.15, 0.2) is 18.2 Å². The Bertz CT molecular complexity index is 555. The van der Waals surface area contributed by atoms with Gasteiger partial charge in [-0.15, -0.1) is 0 Å². The predicted octanol–water partition coefficient (Wildman–Crippen LogP) is 0.477. The number of methoxy groups -OCH3 is 2. The summed E-state index contributed by atoms with van der Waals surface area (Å²) in [6.45, 7) is 2.32. The molecule has 0 aliphatic carbocycles. The van der Waals surface area contributed by atoms with E-state index in [2.05, 4.69) is 10.6 Å². The van der Waals surface area contributed by atoms with E-state index in [1.807, 2.05) is 0 Å². The summed E-state index contributed by atoms with van der Waals surface area (Å²) in [4.78, 5) is 23.7. The van der Waals surface area contributed by atoms with Crippen molar-refractivity contribution >= 4 is 11.9 Å². The molecular weight excluding hydrogens is 300 g/mol. The van der Waals surface area contributed by atoms with Gasteiger partial charge in [0, 0.05) is 25.6 Å². The zero-order valence-corrected chi connectivity index (χ0v) is 13.4. The summed E-state index contributed by atoms with van der Waals surface area (Å²) in [5, 5.41) is 6.07. The van der Waals surface area contributed by atoms with Crippen LogP contribution in [0.4, 0.5) is 0 Å². The Balaban J connectivity index is 1.91. The van der Waals surface area contributed by atoms with Crippen LogP contribution in [0.3, 0.4) is 0 Å². The van der Waals surface area contributed by atoms with Crippen LogP contribution in [-0.2, 0) is 20.8 Å². The Labute approximate surface area is 135 Å². The van der Waals surface area contributed by atoms with E-state index < -0.39 is 5.97 Å². The molecule has 0 saturated carbocycles. The molecule has 1 saturated heterocycles. The third kappa shape index (κ3) is 4.94. The zero-order chi connectivity index (χ0) is 16.7. The first kappa shape index (κ1) is 17.2. The molecule has 23 heavy (non-hydrogen) atoms. The van der Waals surface area contributed by atoms with Crippen molar-refractivity contribution in [2.75, 3.05) is 34.0 Å². The quantitative estimate of drug-likeness (QED) is 0.741. The average molecular weight is 322 g/mol. The molecule has 1 fully saturated rings. The van der Waals surface area contributed by atoms with E-state index >= 15 is 0 Å². The summed E-state index contributed by atoms with van der Waals surface area (Å²) in [6, 6.07) is 5.19. The number of amides is 1. The lowest BCUT2D eigenvalue weighted by Gasteiger charge is -2.23. The monoisotopic (exact) mass is 322 g/mol. The molecule has 1 aliphatic rings. The fraction of sp³-hybridized carbons (Fsp3) is 0.500. The van der Waals surface area contributed by atoms with Gasteiger partial charge in [0.2, 0.25) is 5.91 Å². The van der Waals surface area contributed by atoms with Crippen molar-refractivity contribution in [2.24, 2.45) is 0 Å². The number of nitrogens with one attached hydrogen (secondary N) is 2. The molecule has 2 N–H and O–H groups in total. The lowest BCUT2D eigenvalue weighted by molar-refractivity contribution is -0.122. The zero-order valence-electron chi connectivity index (χ0n) is 13.4. The minimum Gasteiger partial charge on any atom is -0.496 e. The summed E-state index contributed by atoms with van der Waals surface area (Å²) >= 11 is 0. The van der Waals surface area contributed by atoms with Gasteiger partial charge in [0.05, 0.1) is 27.4 Å². The molecule has 1 atom stereocenters. The van der Waals surface area contributed by atoms with Crippen LogP contribution >= 0.6 is 0 Å². The van der Waals surface area contributed by atoms with Gasteiger partial charge in [0.15, 0.2) is 0 Å². The second-order valence-electron chi connectivity index (χ2n) is 5.23.